The van der Waals surface area contributed by atoms with Crippen molar-refractivity contribution in [2.24, 2.45) is 5.10 Å². The van der Waals surface area contributed by atoms with Crippen molar-refractivity contribution < 1.29 is 18.7 Å². The number of thioether (sulfide) groups is 1. The summed E-state index contributed by atoms with van der Waals surface area (Å²) < 4.78 is 22.7. The maximum atomic E-state index is 12.6. The number of hydrogen-bond acceptors (Lipinski definition) is 6. The summed E-state index contributed by atoms with van der Waals surface area (Å²) in [5, 5.41) is 5.75. The second-order valence-electron chi connectivity index (χ2n) is 5.52. The minimum atomic E-state index is -0.956. The van der Waals surface area contributed by atoms with Crippen LogP contribution in [-0.2, 0) is 6.54 Å². The van der Waals surface area contributed by atoms with E-state index in [1.54, 1.807) is 30.3 Å². The summed E-state index contributed by atoms with van der Waals surface area (Å²) in [5.74, 6) is 1.16. The predicted octanol–water partition coefficient (Wildman–Crippen LogP) is 3.66. The fraction of sp³-hybridized carbons (Fsp3) is 0.222. The molecule has 0 saturated heterocycles. The van der Waals surface area contributed by atoms with E-state index in [9.17, 15) is 9.18 Å². The van der Waals surface area contributed by atoms with Crippen molar-refractivity contribution >= 4 is 28.4 Å². The van der Waals surface area contributed by atoms with E-state index < -0.39 is 6.86 Å². The first-order valence-corrected chi connectivity index (χ1v) is 8.82. The van der Waals surface area contributed by atoms with Crippen LogP contribution in [0.4, 0.5) is 14.9 Å². The van der Waals surface area contributed by atoms with Gasteiger partial charge in [0.25, 0.3) is 0 Å². The summed E-state index contributed by atoms with van der Waals surface area (Å²) in [6, 6.07) is 12.4. The van der Waals surface area contributed by atoms with Gasteiger partial charge in [-0.3, -0.25) is 4.79 Å². The van der Waals surface area contributed by atoms with Crippen molar-refractivity contribution in [1.29, 1.82) is 0 Å². The average molecular weight is 375 g/mol. The molecule has 0 fully saturated rings. The number of carbonyl (C=O) groups excluding carboxylic acids is 1. The minimum absolute atomic E-state index is 0.126. The zero-order chi connectivity index (χ0) is 18.5. The highest BCUT2D eigenvalue weighted by Gasteiger charge is 2.23. The van der Waals surface area contributed by atoms with E-state index in [-0.39, 0.29) is 5.24 Å². The third-order valence-corrected chi connectivity index (χ3v) is 4.68. The summed E-state index contributed by atoms with van der Waals surface area (Å²) in [6.07, 6.45) is 0. The van der Waals surface area contributed by atoms with Crippen LogP contribution in [0.25, 0.3) is 0 Å². The highest BCUT2D eigenvalue weighted by atomic mass is 32.2. The van der Waals surface area contributed by atoms with Crippen LogP contribution in [0.3, 0.4) is 0 Å². The van der Waals surface area contributed by atoms with E-state index in [0.29, 0.717) is 35.2 Å². The molecule has 136 valence electrons. The Morgan fingerprint density at radius 1 is 1.23 bits per heavy atom. The number of nitrogens with zero attached hydrogens (tertiary/aromatic N) is 2. The van der Waals surface area contributed by atoms with E-state index in [1.165, 1.54) is 23.9 Å². The molecule has 26 heavy (non-hydrogen) atoms. The number of alkyl halides is 1. The first-order chi connectivity index (χ1) is 12.6. The molecule has 2 aromatic rings. The maximum absolute atomic E-state index is 12.6. The molecule has 0 aromatic heterocycles. The predicted molar refractivity (Wildman–Crippen MR) is 100 cm³/mol. The van der Waals surface area contributed by atoms with Gasteiger partial charge in [-0.15, -0.1) is 0 Å². The van der Waals surface area contributed by atoms with Gasteiger partial charge >= 0.3 is 5.24 Å². The number of ether oxygens (including phenoxy) is 2. The topological polar surface area (TPSA) is 77.1 Å². The van der Waals surface area contributed by atoms with Gasteiger partial charge < -0.3 is 15.2 Å². The molecule has 0 aliphatic carbocycles. The van der Waals surface area contributed by atoms with Gasteiger partial charge in [-0.1, -0.05) is 23.9 Å². The number of amides is 1. The van der Waals surface area contributed by atoms with Gasteiger partial charge in [-0.25, -0.2) is 9.40 Å². The highest BCUT2D eigenvalue weighted by Crippen LogP contribution is 2.30. The lowest BCUT2D eigenvalue weighted by molar-refractivity contribution is 0.184. The monoisotopic (exact) mass is 375 g/mol. The molecule has 0 bridgehead atoms. The van der Waals surface area contributed by atoms with Gasteiger partial charge in [0.2, 0.25) is 6.86 Å². The number of hydrazone groups is 1. The number of anilines is 1. The maximum Gasteiger partial charge on any atom is 0.302 e. The average Bonchev–Trinajstić information content (AvgIpc) is 2.65. The lowest BCUT2D eigenvalue weighted by Crippen LogP contribution is -2.29. The molecule has 3 rings (SSSR count). The van der Waals surface area contributed by atoms with Crippen LogP contribution in [0.1, 0.15) is 11.1 Å². The Morgan fingerprint density at radius 2 is 2.00 bits per heavy atom. The summed E-state index contributed by atoms with van der Waals surface area (Å²) in [6.45, 7) is -0.609. The van der Waals surface area contributed by atoms with Gasteiger partial charge in [0, 0.05) is 17.0 Å². The number of halogens is 1. The zero-order valence-corrected chi connectivity index (χ0v) is 15.0. The van der Waals surface area contributed by atoms with Crippen LogP contribution in [0.15, 0.2) is 47.6 Å². The standard InChI is InChI=1S/C18H18FN3O3S/c1-24-16-7-4-13(8-17(16)25-11-19)15-10-26-18(23)22(21-15)9-12-2-5-14(20)6-3-12/h2-8H,9-11,20H2,1H3. The van der Waals surface area contributed by atoms with Gasteiger partial charge in [0.15, 0.2) is 11.5 Å². The molecule has 1 heterocycles. The van der Waals surface area contributed by atoms with E-state index in [4.69, 9.17) is 15.2 Å². The molecule has 6 nitrogen and oxygen atoms in total. The van der Waals surface area contributed by atoms with E-state index in [1.807, 2.05) is 12.1 Å². The number of rotatable bonds is 6. The van der Waals surface area contributed by atoms with Gasteiger partial charge in [0.1, 0.15) is 0 Å². The third kappa shape index (κ3) is 4.08. The quantitative estimate of drug-likeness (QED) is 0.780. The fourth-order valence-corrected chi connectivity index (χ4v) is 3.22. The molecule has 0 unspecified atom stereocenters. The number of hydrogen-bond donors (Lipinski definition) is 1. The Kier molecular flexibility index (Phi) is 5.62. The molecule has 1 aliphatic heterocycles. The molecule has 2 aromatic carbocycles. The Hall–Kier alpha value is -2.74. The van der Waals surface area contributed by atoms with Crippen molar-refractivity contribution in [3.8, 4) is 11.5 Å². The van der Waals surface area contributed by atoms with E-state index in [2.05, 4.69) is 5.10 Å². The summed E-state index contributed by atoms with van der Waals surface area (Å²) >= 11 is 1.17. The van der Waals surface area contributed by atoms with E-state index >= 15 is 0 Å². The van der Waals surface area contributed by atoms with Crippen LogP contribution < -0.4 is 15.2 Å². The van der Waals surface area contributed by atoms with Gasteiger partial charge in [0.05, 0.1) is 19.4 Å². The van der Waals surface area contributed by atoms with Gasteiger partial charge in [-0.05, 0) is 35.9 Å². The third-order valence-electron chi connectivity index (χ3n) is 3.80. The number of nitrogen functional groups attached to an aromatic ring is 1. The molecule has 8 heteroatoms. The highest BCUT2D eigenvalue weighted by molar-refractivity contribution is 8.14. The molecule has 2 N–H and O–H groups in total. The lowest BCUT2D eigenvalue weighted by atomic mass is 10.1. The Morgan fingerprint density at radius 3 is 2.69 bits per heavy atom. The summed E-state index contributed by atoms with van der Waals surface area (Å²) in [4.78, 5) is 12.2. The number of carbonyl (C=O) groups is 1. The Bertz CT molecular complexity index is 827. The minimum Gasteiger partial charge on any atom is -0.493 e. The lowest BCUT2D eigenvalue weighted by Gasteiger charge is -2.23. The Balaban J connectivity index is 1.86. The largest absolute Gasteiger partial charge is 0.493 e. The number of benzene rings is 2. The molecule has 0 saturated carbocycles. The molecular formula is C18H18FN3O3S. The van der Waals surface area contributed by atoms with Crippen LogP contribution in [0.2, 0.25) is 0 Å². The van der Waals surface area contributed by atoms with Crippen LogP contribution in [0, 0.1) is 0 Å². The SMILES string of the molecule is COc1ccc(C2=NN(Cc3ccc(N)cc3)C(=O)SC2)cc1OCF. The smallest absolute Gasteiger partial charge is 0.302 e. The van der Waals surface area contributed by atoms with E-state index in [0.717, 1.165) is 11.1 Å². The molecule has 0 radical (unpaired) electrons. The first kappa shape index (κ1) is 18.1. The molecule has 1 aliphatic rings. The van der Waals surface area contributed by atoms with Crippen LogP contribution in [-0.4, -0.2) is 35.7 Å². The fourth-order valence-electron chi connectivity index (χ4n) is 2.48. The van der Waals surface area contributed by atoms with Crippen LogP contribution in [0.5, 0.6) is 11.5 Å². The first-order valence-electron chi connectivity index (χ1n) is 7.84. The second kappa shape index (κ2) is 8.09. The summed E-state index contributed by atoms with van der Waals surface area (Å²) in [7, 11) is 1.49. The number of nitrogens with two attached hydrogens (primary N) is 1. The van der Waals surface area contributed by atoms with Crippen molar-refractivity contribution in [2.45, 2.75) is 6.54 Å². The van der Waals surface area contributed by atoms with Crippen LogP contribution >= 0.6 is 11.8 Å². The molecule has 0 atom stereocenters. The normalized spacial score (nSPS) is 14.2. The van der Waals surface area contributed by atoms with Crippen molar-refractivity contribution in [1.82, 2.24) is 5.01 Å². The second-order valence-corrected chi connectivity index (χ2v) is 6.45. The molecule has 1 amide bonds. The molecular weight excluding hydrogens is 357 g/mol. The Labute approximate surface area is 154 Å². The van der Waals surface area contributed by atoms with Crippen molar-refractivity contribution in [3.05, 3.63) is 53.6 Å². The molecule has 0 spiro atoms. The number of methoxy groups -OCH3 is 1. The summed E-state index contributed by atoms with van der Waals surface area (Å²) in [5.41, 5.74) is 8.73. The zero-order valence-electron chi connectivity index (χ0n) is 14.1. The van der Waals surface area contributed by atoms with Gasteiger partial charge in [-0.2, -0.15) is 5.10 Å². The van der Waals surface area contributed by atoms with Crippen molar-refractivity contribution in [2.75, 3.05) is 25.5 Å². The van der Waals surface area contributed by atoms with Crippen molar-refractivity contribution in [3.63, 3.8) is 0 Å².